The Kier molecular flexibility index (Phi) is 4.49. The van der Waals surface area contributed by atoms with E-state index in [4.69, 9.17) is 0 Å². The summed E-state index contributed by atoms with van der Waals surface area (Å²) < 4.78 is 28.9. The van der Waals surface area contributed by atoms with Gasteiger partial charge in [-0.3, -0.25) is 0 Å². The van der Waals surface area contributed by atoms with E-state index in [9.17, 15) is 8.78 Å². The van der Waals surface area contributed by atoms with Crippen LogP contribution >= 0.6 is 0 Å². The maximum absolute atomic E-state index is 13.7. The Morgan fingerprint density at radius 2 is 2.05 bits per heavy atom. The smallest absolute Gasteiger partial charge is 0.163 e. The molecule has 1 aromatic carbocycles. The molecule has 3 nitrogen and oxygen atoms in total. The zero-order chi connectivity index (χ0) is 14.7. The fourth-order valence-electron chi connectivity index (χ4n) is 2.02. The monoisotopic (exact) mass is 279 g/mol. The minimum absolute atomic E-state index is 0.282. The Hall–Kier alpha value is -1.75. The van der Waals surface area contributed by atoms with E-state index in [0.29, 0.717) is 18.2 Å². The standard InChI is InChI=1S/C15H19F2N3/c1-10(2)18-7-13-8-19-11(3)20(13)9-12-5-4-6-14(16)15(12)17/h4-6,8,10,18H,7,9H2,1-3H3. The molecule has 0 amide bonds. The van der Waals surface area contributed by atoms with Crippen LogP contribution in [0.3, 0.4) is 0 Å². The van der Waals surface area contributed by atoms with Gasteiger partial charge in [0.05, 0.1) is 12.2 Å². The zero-order valence-electron chi connectivity index (χ0n) is 12.0. The summed E-state index contributed by atoms with van der Waals surface area (Å²) in [7, 11) is 0. The van der Waals surface area contributed by atoms with Gasteiger partial charge in [-0.1, -0.05) is 26.0 Å². The number of hydrogen-bond acceptors (Lipinski definition) is 2. The van der Waals surface area contributed by atoms with Gasteiger partial charge in [0.15, 0.2) is 11.6 Å². The minimum Gasteiger partial charge on any atom is -0.326 e. The molecule has 0 saturated carbocycles. The zero-order valence-corrected chi connectivity index (χ0v) is 12.0. The van der Waals surface area contributed by atoms with E-state index >= 15 is 0 Å². The second kappa shape index (κ2) is 6.13. The first-order valence-electron chi connectivity index (χ1n) is 6.66. The van der Waals surface area contributed by atoms with Crippen LogP contribution in [0.4, 0.5) is 8.78 Å². The first kappa shape index (κ1) is 14.7. The lowest BCUT2D eigenvalue weighted by Crippen LogP contribution is -2.24. The van der Waals surface area contributed by atoms with Crippen molar-refractivity contribution in [1.29, 1.82) is 0 Å². The molecule has 0 aliphatic heterocycles. The summed E-state index contributed by atoms with van der Waals surface area (Å²) in [6, 6.07) is 4.59. The predicted molar refractivity (Wildman–Crippen MR) is 74.4 cm³/mol. The van der Waals surface area contributed by atoms with Gasteiger partial charge < -0.3 is 9.88 Å². The number of nitrogens with zero attached hydrogens (tertiary/aromatic N) is 2. The highest BCUT2D eigenvalue weighted by molar-refractivity contribution is 5.21. The quantitative estimate of drug-likeness (QED) is 0.911. The molecule has 0 radical (unpaired) electrons. The summed E-state index contributed by atoms with van der Waals surface area (Å²) in [6.45, 7) is 6.90. The number of hydrogen-bond donors (Lipinski definition) is 1. The largest absolute Gasteiger partial charge is 0.326 e. The third-order valence-electron chi connectivity index (χ3n) is 3.19. The normalized spacial score (nSPS) is 11.3. The molecule has 1 heterocycles. The molecule has 1 N–H and O–H groups in total. The SMILES string of the molecule is Cc1ncc(CNC(C)C)n1Cc1cccc(F)c1F. The molecule has 0 atom stereocenters. The third-order valence-corrected chi connectivity index (χ3v) is 3.19. The van der Waals surface area contributed by atoms with Gasteiger partial charge in [0.2, 0.25) is 0 Å². The Labute approximate surface area is 117 Å². The second-order valence-corrected chi connectivity index (χ2v) is 5.13. The average molecular weight is 279 g/mol. The predicted octanol–water partition coefficient (Wildman–Crippen LogP) is 3.02. The number of rotatable bonds is 5. The van der Waals surface area contributed by atoms with Crippen molar-refractivity contribution in [2.24, 2.45) is 0 Å². The van der Waals surface area contributed by atoms with Gasteiger partial charge >= 0.3 is 0 Å². The summed E-state index contributed by atoms with van der Waals surface area (Å²) in [5, 5.41) is 3.30. The van der Waals surface area contributed by atoms with Crippen LogP contribution in [0.15, 0.2) is 24.4 Å². The van der Waals surface area contributed by atoms with E-state index in [-0.39, 0.29) is 6.54 Å². The van der Waals surface area contributed by atoms with Crippen molar-refractivity contribution in [3.63, 3.8) is 0 Å². The van der Waals surface area contributed by atoms with E-state index in [1.165, 1.54) is 6.07 Å². The highest BCUT2D eigenvalue weighted by atomic mass is 19.2. The van der Waals surface area contributed by atoms with Crippen molar-refractivity contribution < 1.29 is 8.78 Å². The summed E-state index contributed by atoms with van der Waals surface area (Å²) in [5.41, 5.74) is 1.29. The number of aromatic nitrogens is 2. The van der Waals surface area contributed by atoms with Crippen LogP contribution in [0, 0.1) is 18.6 Å². The van der Waals surface area contributed by atoms with Crippen LogP contribution in [0.5, 0.6) is 0 Å². The molecular weight excluding hydrogens is 260 g/mol. The van der Waals surface area contributed by atoms with Crippen LogP contribution in [-0.2, 0) is 13.1 Å². The maximum Gasteiger partial charge on any atom is 0.163 e. The molecule has 0 unspecified atom stereocenters. The molecule has 20 heavy (non-hydrogen) atoms. The highest BCUT2D eigenvalue weighted by Gasteiger charge is 2.12. The number of nitrogens with one attached hydrogen (secondary N) is 1. The van der Waals surface area contributed by atoms with E-state index in [2.05, 4.69) is 24.1 Å². The average Bonchev–Trinajstić information content (AvgIpc) is 2.74. The molecule has 0 aliphatic rings. The molecule has 0 aliphatic carbocycles. The lowest BCUT2D eigenvalue weighted by Gasteiger charge is -2.13. The summed E-state index contributed by atoms with van der Waals surface area (Å²) in [5.74, 6) is -0.820. The van der Waals surface area contributed by atoms with Crippen molar-refractivity contribution in [3.05, 3.63) is 53.1 Å². The molecule has 0 bridgehead atoms. The van der Waals surface area contributed by atoms with Gasteiger partial charge in [-0.05, 0) is 13.0 Å². The van der Waals surface area contributed by atoms with E-state index in [0.717, 1.165) is 17.6 Å². The Morgan fingerprint density at radius 3 is 2.75 bits per heavy atom. The first-order valence-corrected chi connectivity index (χ1v) is 6.66. The summed E-state index contributed by atoms with van der Waals surface area (Å²) in [6.07, 6.45) is 1.77. The van der Waals surface area contributed by atoms with Crippen molar-refractivity contribution in [2.45, 2.75) is 39.9 Å². The van der Waals surface area contributed by atoms with Crippen molar-refractivity contribution >= 4 is 0 Å². The number of benzene rings is 1. The number of aryl methyl sites for hydroxylation is 1. The topological polar surface area (TPSA) is 29.9 Å². The molecule has 1 aromatic heterocycles. The molecule has 2 rings (SSSR count). The molecule has 0 fully saturated rings. The summed E-state index contributed by atoms with van der Waals surface area (Å²) >= 11 is 0. The lowest BCUT2D eigenvalue weighted by atomic mass is 10.2. The molecule has 2 aromatic rings. The van der Waals surface area contributed by atoms with Crippen LogP contribution in [-0.4, -0.2) is 15.6 Å². The minimum atomic E-state index is -0.817. The third kappa shape index (κ3) is 3.22. The number of halogens is 2. The fourth-order valence-corrected chi connectivity index (χ4v) is 2.02. The van der Waals surface area contributed by atoms with Gasteiger partial charge in [-0.15, -0.1) is 0 Å². The van der Waals surface area contributed by atoms with Crippen molar-refractivity contribution in [1.82, 2.24) is 14.9 Å². The van der Waals surface area contributed by atoms with E-state index in [1.54, 1.807) is 12.3 Å². The van der Waals surface area contributed by atoms with Gasteiger partial charge in [-0.25, -0.2) is 13.8 Å². The first-order chi connectivity index (χ1) is 9.49. The Balaban J connectivity index is 2.24. The molecule has 108 valence electrons. The van der Waals surface area contributed by atoms with Gasteiger partial charge in [0.1, 0.15) is 5.82 Å². The van der Waals surface area contributed by atoms with Gasteiger partial charge in [0.25, 0.3) is 0 Å². The second-order valence-electron chi connectivity index (χ2n) is 5.13. The molecule has 0 saturated heterocycles. The maximum atomic E-state index is 13.7. The van der Waals surface area contributed by atoms with Crippen LogP contribution in [0.25, 0.3) is 0 Å². The molecule has 0 spiro atoms. The molecular formula is C15H19F2N3. The molecule has 5 heteroatoms. The Bertz CT molecular complexity index is 591. The highest BCUT2D eigenvalue weighted by Crippen LogP contribution is 2.15. The van der Waals surface area contributed by atoms with Crippen LogP contribution in [0.1, 0.15) is 30.9 Å². The lowest BCUT2D eigenvalue weighted by molar-refractivity contribution is 0.492. The van der Waals surface area contributed by atoms with Crippen molar-refractivity contribution in [2.75, 3.05) is 0 Å². The van der Waals surface area contributed by atoms with E-state index in [1.807, 2.05) is 11.5 Å². The number of imidazole rings is 1. The fraction of sp³-hybridized carbons (Fsp3) is 0.400. The van der Waals surface area contributed by atoms with Crippen LogP contribution < -0.4 is 5.32 Å². The van der Waals surface area contributed by atoms with Gasteiger partial charge in [0, 0.05) is 24.3 Å². The van der Waals surface area contributed by atoms with E-state index < -0.39 is 11.6 Å². The van der Waals surface area contributed by atoms with Gasteiger partial charge in [-0.2, -0.15) is 0 Å². The Morgan fingerprint density at radius 1 is 1.30 bits per heavy atom. The summed E-state index contributed by atoms with van der Waals surface area (Å²) in [4.78, 5) is 4.25. The van der Waals surface area contributed by atoms with Crippen LogP contribution in [0.2, 0.25) is 0 Å². The van der Waals surface area contributed by atoms with Crippen molar-refractivity contribution in [3.8, 4) is 0 Å².